The normalized spacial score (nSPS) is 12.1. The fourth-order valence-corrected chi connectivity index (χ4v) is 3.02. The molecule has 7 heteroatoms. The zero-order valence-electron chi connectivity index (χ0n) is 15.4. The SMILES string of the molecule is CCN(CC)c1ncnc2c1cnn2CC(=O)N[C@@H](C)c1ccccc1. The second-order valence-corrected chi connectivity index (χ2v) is 6.11. The molecule has 3 rings (SSSR count). The summed E-state index contributed by atoms with van der Waals surface area (Å²) in [7, 11) is 0. The minimum Gasteiger partial charge on any atom is -0.356 e. The van der Waals surface area contributed by atoms with Crippen molar-refractivity contribution in [3.05, 3.63) is 48.4 Å². The average Bonchev–Trinajstić information content (AvgIpc) is 3.07. The van der Waals surface area contributed by atoms with Crippen molar-refractivity contribution in [3.8, 4) is 0 Å². The third-order valence-electron chi connectivity index (χ3n) is 4.45. The maximum absolute atomic E-state index is 12.4. The highest BCUT2D eigenvalue weighted by Gasteiger charge is 2.16. The van der Waals surface area contributed by atoms with Gasteiger partial charge in [0.15, 0.2) is 5.65 Å². The zero-order valence-corrected chi connectivity index (χ0v) is 15.4. The van der Waals surface area contributed by atoms with Gasteiger partial charge in [-0.15, -0.1) is 0 Å². The van der Waals surface area contributed by atoms with Crippen molar-refractivity contribution in [1.29, 1.82) is 0 Å². The maximum atomic E-state index is 12.4. The number of hydrogen-bond donors (Lipinski definition) is 1. The van der Waals surface area contributed by atoms with Crippen molar-refractivity contribution >= 4 is 22.8 Å². The number of hydrogen-bond acceptors (Lipinski definition) is 5. The number of fused-ring (bicyclic) bond motifs is 1. The van der Waals surface area contributed by atoms with Gasteiger partial charge >= 0.3 is 0 Å². The van der Waals surface area contributed by atoms with E-state index in [1.165, 1.54) is 6.33 Å². The van der Waals surface area contributed by atoms with Gasteiger partial charge in [-0.05, 0) is 26.3 Å². The third kappa shape index (κ3) is 3.66. The van der Waals surface area contributed by atoms with Crippen LogP contribution in [0, 0.1) is 0 Å². The summed E-state index contributed by atoms with van der Waals surface area (Å²) in [6.45, 7) is 7.96. The number of anilines is 1. The number of aromatic nitrogens is 4. The Bertz CT molecular complexity index is 872. The summed E-state index contributed by atoms with van der Waals surface area (Å²) in [4.78, 5) is 23.3. The topological polar surface area (TPSA) is 75.9 Å². The molecule has 0 bridgehead atoms. The van der Waals surface area contributed by atoms with Gasteiger partial charge in [0, 0.05) is 13.1 Å². The Balaban J connectivity index is 1.77. The Morgan fingerprint density at radius 3 is 2.62 bits per heavy atom. The summed E-state index contributed by atoms with van der Waals surface area (Å²) in [6, 6.07) is 9.82. The van der Waals surface area contributed by atoms with Crippen LogP contribution in [0.2, 0.25) is 0 Å². The van der Waals surface area contributed by atoms with Gasteiger partial charge < -0.3 is 10.2 Å². The minimum absolute atomic E-state index is 0.0635. The van der Waals surface area contributed by atoms with Crippen molar-refractivity contribution in [2.75, 3.05) is 18.0 Å². The summed E-state index contributed by atoms with van der Waals surface area (Å²) in [5.41, 5.74) is 1.74. The molecule has 0 saturated carbocycles. The van der Waals surface area contributed by atoms with Crippen molar-refractivity contribution in [2.45, 2.75) is 33.4 Å². The number of carbonyl (C=O) groups is 1. The molecule has 2 aromatic heterocycles. The monoisotopic (exact) mass is 352 g/mol. The predicted molar refractivity (Wildman–Crippen MR) is 102 cm³/mol. The molecular formula is C19H24N6O. The first kappa shape index (κ1) is 17.8. The van der Waals surface area contributed by atoms with Crippen LogP contribution in [-0.4, -0.2) is 38.7 Å². The molecule has 1 aromatic carbocycles. The van der Waals surface area contributed by atoms with E-state index in [0.717, 1.165) is 29.9 Å². The van der Waals surface area contributed by atoms with Gasteiger partial charge in [0.25, 0.3) is 0 Å². The molecule has 1 N–H and O–H groups in total. The Hall–Kier alpha value is -2.96. The molecule has 0 aliphatic heterocycles. The maximum Gasteiger partial charge on any atom is 0.242 e. The van der Waals surface area contributed by atoms with Crippen molar-refractivity contribution in [3.63, 3.8) is 0 Å². The molecule has 0 radical (unpaired) electrons. The number of nitrogens with zero attached hydrogens (tertiary/aromatic N) is 5. The molecule has 0 unspecified atom stereocenters. The van der Waals surface area contributed by atoms with Crippen molar-refractivity contribution < 1.29 is 4.79 Å². The molecule has 0 aliphatic carbocycles. The zero-order chi connectivity index (χ0) is 18.5. The fraction of sp³-hybridized carbons (Fsp3) is 0.368. The Morgan fingerprint density at radius 2 is 1.92 bits per heavy atom. The molecule has 0 fully saturated rings. The van der Waals surface area contributed by atoms with Crippen LogP contribution in [0.1, 0.15) is 32.4 Å². The van der Waals surface area contributed by atoms with Crippen LogP contribution in [0.4, 0.5) is 5.82 Å². The second kappa shape index (κ2) is 7.95. The highest BCUT2D eigenvalue weighted by atomic mass is 16.2. The molecule has 1 amide bonds. The predicted octanol–water partition coefficient (Wildman–Crippen LogP) is 2.55. The smallest absolute Gasteiger partial charge is 0.242 e. The van der Waals surface area contributed by atoms with E-state index in [1.54, 1.807) is 10.9 Å². The van der Waals surface area contributed by atoms with E-state index in [1.807, 2.05) is 37.3 Å². The molecule has 0 aliphatic rings. The molecule has 2 heterocycles. The largest absolute Gasteiger partial charge is 0.356 e. The third-order valence-corrected chi connectivity index (χ3v) is 4.45. The van der Waals surface area contributed by atoms with Crippen LogP contribution < -0.4 is 10.2 Å². The first-order valence-electron chi connectivity index (χ1n) is 8.89. The quantitative estimate of drug-likeness (QED) is 0.707. The van der Waals surface area contributed by atoms with Crippen molar-refractivity contribution in [1.82, 2.24) is 25.1 Å². The van der Waals surface area contributed by atoms with E-state index in [-0.39, 0.29) is 18.5 Å². The summed E-state index contributed by atoms with van der Waals surface area (Å²) in [6.07, 6.45) is 3.26. The molecule has 26 heavy (non-hydrogen) atoms. The van der Waals surface area contributed by atoms with Crippen LogP contribution in [-0.2, 0) is 11.3 Å². The van der Waals surface area contributed by atoms with Crippen LogP contribution >= 0.6 is 0 Å². The average molecular weight is 352 g/mol. The van der Waals surface area contributed by atoms with Crippen LogP contribution in [0.5, 0.6) is 0 Å². The molecular weight excluding hydrogens is 328 g/mol. The van der Waals surface area contributed by atoms with E-state index in [9.17, 15) is 4.79 Å². The lowest BCUT2D eigenvalue weighted by Crippen LogP contribution is -2.30. The second-order valence-electron chi connectivity index (χ2n) is 6.11. The lowest BCUT2D eigenvalue weighted by molar-refractivity contribution is -0.122. The van der Waals surface area contributed by atoms with Gasteiger partial charge in [0.05, 0.1) is 17.6 Å². The fourth-order valence-electron chi connectivity index (χ4n) is 3.02. The number of amides is 1. The standard InChI is InChI=1S/C19H24N6O/c1-4-24(5-2)18-16-11-22-25(19(16)21-13-20-18)12-17(26)23-14(3)15-9-7-6-8-10-15/h6-11,13-14H,4-5,12H2,1-3H3,(H,23,26)/t14-/m0/s1. The van der Waals surface area contributed by atoms with Crippen molar-refractivity contribution in [2.24, 2.45) is 0 Å². The van der Waals surface area contributed by atoms with E-state index in [4.69, 9.17) is 0 Å². The van der Waals surface area contributed by atoms with E-state index in [2.05, 4.69) is 39.1 Å². The summed E-state index contributed by atoms with van der Waals surface area (Å²) in [5.74, 6) is 0.749. The lowest BCUT2D eigenvalue weighted by atomic mass is 10.1. The minimum atomic E-state index is -0.102. The van der Waals surface area contributed by atoms with E-state index in [0.29, 0.717) is 5.65 Å². The summed E-state index contributed by atoms with van der Waals surface area (Å²) in [5, 5.41) is 8.22. The number of nitrogens with one attached hydrogen (secondary N) is 1. The van der Waals surface area contributed by atoms with Gasteiger partial charge in [0.2, 0.25) is 5.91 Å². The van der Waals surface area contributed by atoms with Crippen LogP contribution in [0.15, 0.2) is 42.9 Å². The van der Waals surface area contributed by atoms with Gasteiger partial charge in [-0.25, -0.2) is 14.6 Å². The van der Waals surface area contributed by atoms with Crippen LogP contribution in [0.3, 0.4) is 0 Å². The van der Waals surface area contributed by atoms with Crippen LogP contribution in [0.25, 0.3) is 11.0 Å². The van der Waals surface area contributed by atoms with E-state index >= 15 is 0 Å². The first-order valence-corrected chi connectivity index (χ1v) is 8.89. The Morgan fingerprint density at radius 1 is 1.19 bits per heavy atom. The number of rotatable bonds is 7. The molecule has 0 spiro atoms. The van der Waals surface area contributed by atoms with Gasteiger partial charge in [0.1, 0.15) is 18.7 Å². The molecule has 136 valence electrons. The molecule has 7 nitrogen and oxygen atoms in total. The molecule has 1 atom stereocenters. The Kier molecular flexibility index (Phi) is 5.46. The highest BCUT2D eigenvalue weighted by Crippen LogP contribution is 2.22. The summed E-state index contributed by atoms with van der Waals surface area (Å²) >= 11 is 0. The highest BCUT2D eigenvalue weighted by molar-refractivity contribution is 5.87. The summed E-state index contributed by atoms with van der Waals surface area (Å²) < 4.78 is 1.62. The number of benzene rings is 1. The molecule has 0 saturated heterocycles. The Labute approximate surface area is 153 Å². The lowest BCUT2D eigenvalue weighted by Gasteiger charge is -2.19. The molecule has 3 aromatic rings. The van der Waals surface area contributed by atoms with E-state index < -0.39 is 0 Å². The van der Waals surface area contributed by atoms with Gasteiger partial charge in [-0.2, -0.15) is 5.10 Å². The van der Waals surface area contributed by atoms with Gasteiger partial charge in [-0.3, -0.25) is 4.79 Å². The van der Waals surface area contributed by atoms with Gasteiger partial charge in [-0.1, -0.05) is 30.3 Å². The first-order chi connectivity index (χ1) is 12.6. The number of carbonyl (C=O) groups excluding carboxylic acids is 1.